The Morgan fingerprint density at radius 3 is 2.48 bits per heavy atom. The van der Waals surface area contributed by atoms with Gasteiger partial charge >= 0.3 is 6.09 Å². The molecule has 0 atom stereocenters. The number of anilines is 1. The highest BCUT2D eigenvalue weighted by atomic mass is 32.2. The van der Waals surface area contributed by atoms with E-state index in [0.717, 1.165) is 16.5 Å². The standard InChI is InChI=1S/C30H27N5O4S/c1-30(2,3)39-29(36)35-12-11-22-19(5-4-6-25(22)35)17-40-28-24(14-32)26(23(13-31)27(33)34-28)18-7-9-20(10-8-18)38-21-15-37-16-21/h4-12,21H,15-17H2,1-3H3,(H2,33,34). The van der Waals surface area contributed by atoms with E-state index in [1.807, 2.05) is 45.0 Å². The number of fused-ring (bicyclic) bond motifs is 1. The molecule has 0 unspecified atom stereocenters. The largest absolute Gasteiger partial charge is 0.486 e. The zero-order valence-corrected chi connectivity index (χ0v) is 23.1. The summed E-state index contributed by atoms with van der Waals surface area (Å²) in [5.41, 5.74) is 8.79. The predicted octanol–water partition coefficient (Wildman–Crippen LogP) is 5.88. The van der Waals surface area contributed by atoms with Crippen LogP contribution in [0.2, 0.25) is 0 Å². The number of pyridine rings is 1. The van der Waals surface area contributed by atoms with E-state index in [1.165, 1.54) is 16.3 Å². The van der Waals surface area contributed by atoms with E-state index in [4.69, 9.17) is 19.9 Å². The number of thioether (sulfide) groups is 1. The van der Waals surface area contributed by atoms with Gasteiger partial charge in [0.1, 0.15) is 46.0 Å². The van der Waals surface area contributed by atoms with Crippen molar-refractivity contribution in [3.63, 3.8) is 0 Å². The van der Waals surface area contributed by atoms with E-state index in [-0.39, 0.29) is 23.0 Å². The number of nitrogen functional groups attached to an aromatic ring is 1. The molecule has 0 spiro atoms. The Balaban J connectivity index is 1.45. The van der Waals surface area contributed by atoms with E-state index < -0.39 is 11.7 Å². The third-order valence-electron chi connectivity index (χ3n) is 6.25. The van der Waals surface area contributed by atoms with Gasteiger partial charge in [0, 0.05) is 22.9 Å². The lowest BCUT2D eigenvalue weighted by molar-refractivity contribution is -0.0796. The molecule has 1 fully saturated rings. The number of hydrogen-bond donors (Lipinski definition) is 1. The lowest BCUT2D eigenvalue weighted by atomic mass is 9.97. The molecule has 2 N–H and O–H groups in total. The van der Waals surface area contributed by atoms with Crippen molar-refractivity contribution >= 4 is 34.6 Å². The van der Waals surface area contributed by atoms with Crippen LogP contribution < -0.4 is 10.5 Å². The number of nitriles is 2. The van der Waals surface area contributed by atoms with Crippen molar-refractivity contribution in [1.82, 2.24) is 9.55 Å². The Morgan fingerprint density at radius 1 is 1.12 bits per heavy atom. The van der Waals surface area contributed by atoms with Gasteiger partial charge in [-0.1, -0.05) is 24.3 Å². The van der Waals surface area contributed by atoms with Gasteiger partial charge in [0.15, 0.2) is 0 Å². The summed E-state index contributed by atoms with van der Waals surface area (Å²) in [6.45, 7) is 6.58. The topological polar surface area (TPSA) is 136 Å². The Bertz CT molecular complexity index is 1670. The average molecular weight is 554 g/mol. The third kappa shape index (κ3) is 5.46. The fraction of sp³-hybridized carbons (Fsp3) is 0.267. The Morgan fingerprint density at radius 2 is 1.85 bits per heavy atom. The number of carbonyl (C=O) groups is 1. The quantitative estimate of drug-likeness (QED) is 0.290. The van der Waals surface area contributed by atoms with Crippen LogP contribution in [-0.2, 0) is 15.2 Å². The van der Waals surface area contributed by atoms with Crippen LogP contribution in [0.25, 0.3) is 22.0 Å². The molecule has 0 radical (unpaired) electrons. The van der Waals surface area contributed by atoms with Gasteiger partial charge in [-0.2, -0.15) is 10.5 Å². The number of nitrogens with zero attached hydrogens (tertiary/aromatic N) is 4. The van der Waals surface area contributed by atoms with Gasteiger partial charge in [0.25, 0.3) is 0 Å². The molecule has 202 valence electrons. The summed E-state index contributed by atoms with van der Waals surface area (Å²) in [5, 5.41) is 21.3. The monoisotopic (exact) mass is 553 g/mol. The van der Waals surface area contributed by atoms with E-state index >= 15 is 0 Å². The van der Waals surface area contributed by atoms with Crippen molar-refractivity contribution in [2.75, 3.05) is 18.9 Å². The fourth-order valence-corrected chi connectivity index (χ4v) is 5.34. The number of benzene rings is 2. The third-order valence-corrected chi connectivity index (χ3v) is 7.27. The van der Waals surface area contributed by atoms with Gasteiger partial charge in [-0.15, -0.1) is 11.8 Å². The van der Waals surface area contributed by atoms with E-state index in [0.29, 0.717) is 40.9 Å². The molecular formula is C30H27N5O4S. The van der Waals surface area contributed by atoms with Crippen molar-refractivity contribution < 1.29 is 19.0 Å². The first-order valence-electron chi connectivity index (χ1n) is 12.6. The number of nitrogens with two attached hydrogens (primary N) is 1. The van der Waals surface area contributed by atoms with Crippen LogP contribution in [-0.4, -0.2) is 40.6 Å². The van der Waals surface area contributed by atoms with Crippen LogP contribution in [0.4, 0.5) is 10.6 Å². The van der Waals surface area contributed by atoms with Gasteiger partial charge in [0.2, 0.25) is 0 Å². The number of aromatic nitrogens is 2. The fourth-order valence-electron chi connectivity index (χ4n) is 4.34. The lowest BCUT2D eigenvalue weighted by Gasteiger charge is -2.26. The van der Waals surface area contributed by atoms with Gasteiger partial charge in [-0.05, 0) is 56.2 Å². The number of carbonyl (C=O) groups excluding carboxylic acids is 1. The molecule has 0 saturated carbocycles. The first-order chi connectivity index (χ1) is 19.2. The van der Waals surface area contributed by atoms with Crippen LogP contribution >= 0.6 is 11.8 Å². The van der Waals surface area contributed by atoms with Crippen LogP contribution in [0.5, 0.6) is 5.75 Å². The minimum atomic E-state index is -0.618. The highest BCUT2D eigenvalue weighted by Crippen LogP contribution is 2.38. The average Bonchev–Trinajstić information content (AvgIpc) is 3.34. The molecule has 2 aromatic heterocycles. The van der Waals surface area contributed by atoms with Gasteiger partial charge in [-0.3, -0.25) is 4.57 Å². The predicted molar refractivity (Wildman–Crippen MR) is 152 cm³/mol. The summed E-state index contributed by atoms with van der Waals surface area (Å²) >= 11 is 1.34. The number of ether oxygens (including phenoxy) is 3. The van der Waals surface area contributed by atoms with Crippen molar-refractivity contribution in [2.45, 2.75) is 43.3 Å². The molecule has 9 nitrogen and oxygen atoms in total. The van der Waals surface area contributed by atoms with Gasteiger partial charge in [0.05, 0.1) is 24.3 Å². The molecule has 40 heavy (non-hydrogen) atoms. The minimum Gasteiger partial charge on any atom is -0.486 e. The molecule has 2 aromatic carbocycles. The summed E-state index contributed by atoms with van der Waals surface area (Å²) in [6.07, 6.45) is 1.26. The molecule has 3 heterocycles. The Kier molecular flexibility index (Phi) is 7.40. The maximum absolute atomic E-state index is 12.7. The van der Waals surface area contributed by atoms with Gasteiger partial charge in [-0.25, -0.2) is 9.78 Å². The van der Waals surface area contributed by atoms with Crippen LogP contribution in [0, 0.1) is 22.7 Å². The van der Waals surface area contributed by atoms with Crippen LogP contribution in [0.3, 0.4) is 0 Å². The van der Waals surface area contributed by atoms with Crippen LogP contribution in [0.1, 0.15) is 37.5 Å². The zero-order valence-electron chi connectivity index (χ0n) is 22.3. The lowest BCUT2D eigenvalue weighted by Crippen LogP contribution is -2.38. The number of rotatable bonds is 6. The molecule has 1 saturated heterocycles. The molecule has 10 heteroatoms. The van der Waals surface area contributed by atoms with E-state index in [1.54, 1.807) is 30.5 Å². The maximum atomic E-state index is 12.7. The first-order valence-corrected chi connectivity index (χ1v) is 13.6. The van der Waals surface area contributed by atoms with Gasteiger partial charge < -0.3 is 19.9 Å². The Hall–Kier alpha value is -4.51. The first kappa shape index (κ1) is 27.1. The van der Waals surface area contributed by atoms with Crippen molar-refractivity contribution in [2.24, 2.45) is 0 Å². The highest BCUT2D eigenvalue weighted by Gasteiger charge is 2.23. The normalized spacial score (nSPS) is 13.3. The molecule has 1 aliphatic heterocycles. The molecule has 1 aliphatic rings. The SMILES string of the molecule is CC(C)(C)OC(=O)n1ccc2c(CSc3nc(N)c(C#N)c(-c4ccc(OC5COC5)cc4)c3C#N)cccc21. The van der Waals surface area contributed by atoms with Crippen molar-refractivity contribution in [1.29, 1.82) is 10.5 Å². The molecule has 0 aliphatic carbocycles. The second kappa shape index (κ2) is 10.9. The summed E-state index contributed by atoms with van der Waals surface area (Å²) in [6, 6.07) is 19.1. The summed E-state index contributed by atoms with van der Waals surface area (Å²) in [4.78, 5) is 17.1. The summed E-state index contributed by atoms with van der Waals surface area (Å²) in [7, 11) is 0. The number of hydrogen-bond acceptors (Lipinski definition) is 9. The Labute approximate surface area is 236 Å². The molecule has 0 amide bonds. The molecular weight excluding hydrogens is 526 g/mol. The molecule has 5 rings (SSSR count). The second-order valence-electron chi connectivity index (χ2n) is 10.3. The highest BCUT2D eigenvalue weighted by molar-refractivity contribution is 7.98. The zero-order chi connectivity index (χ0) is 28.4. The summed E-state index contributed by atoms with van der Waals surface area (Å²) < 4.78 is 18.0. The van der Waals surface area contributed by atoms with Crippen LogP contribution in [0.15, 0.2) is 59.8 Å². The molecule has 0 bridgehead atoms. The van der Waals surface area contributed by atoms with Crippen molar-refractivity contribution in [3.05, 3.63) is 71.4 Å². The second-order valence-corrected chi connectivity index (χ2v) is 11.2. The molecule has 4 aromatic rings. The van der Waals surface area contributed by atoms with Crippen molar-refractivity contribution in [3.8, 4) is 29.0 Å². The van der Waals surface area contributed by atoms with E-state index in [9.17, 15) is 15.3 Å². The maximum Gasteiger partial charge on any atom is 0.418 e. The smallest absolute Gasteiger partial charge is 0.418 e. The van der Waals surface area contributed by atoms with E-state index in [2.05, 4.69) is 17.1 Å². The minimum absolute atomic E-state index is 0.0280. The summed E-state index contributed by atoms with van der Waals surface area (Å²) in [5.74, 6) is 1.19.